The number of benzene rings is 1. The molecule has 0 aliphatic carbocycles. The van der Waals surface area contributed by atoms with Crippen molar-refractivity contribution in [2.45, 2.75) is 0 Å². The molecule has 2 rings (SSSR count). The molecule has 0 radical (unpaired) electrons. The molecule has 0 amide bonds. The lowest BCUT2D eigenvalue weighted by atomic mass is 10.1. The molecule has 0 N–H and O–H groups in total. The number of nitrogens with zero attached hydrogens (tertiary/aromatic N) is 1. The van der Waals surface area contributed by atoms with Gasteiger partial charge < -0.3 is 0 Å². The molecule has 3 heteroatoms. The van der Waals surface area contributed by atoms with Crippen molar-refractivity contribution in [3.8, 4) is 11.1 Å². The van der Waals surface area contributed by atoms with Crippen molar-refractivity contribution < 1.29 is 4.39 Å². The average Bonchev–Trinajstić information content (AvgIpc) is 2.18. The second kappa shape index (κ2) is 3.76. The van der Waals surface area contributed by atoms with Crippen LogP contribution in [0.4, 0.5) is 4.39 Å². The van der Waals surface area contributed by atoms with Crippen molar-refractivity contribution in [3.63, 3.8) is 0 Å². The third kappa shape index (κ3) is 1.91. The summed E-state index contributed by atoms with van der Waals surface area (Å²) in [5.74, 6) is -0.262. The van der Waals surface area contributed by atoms with E-state index in [1.807, 2.05) is 6.07 Å². The molecule has 0 saturated heterocycles. The maximum absolute atomic E-state index is 12.9. The average molecular weight is 208 g/mol. The Hall–Kier alpha value is -1.41. The number of pyridine rings is 1. The van der Waals surface area contributed by atoms with Crippen LogP contribution in [0.2, 0.25) is 5.02 Å². The molecule has 70 valence electrons. The first kappa shape index (κ1) is 9.16. The minimum atomic E-state index is -0.262. The van der Waals surface area contributed by atoms with E-state index >= 15 is 0 Å². The molecule has 1 nitrogen and oxygen atoms in total. The maximum Gasteiger partial charge on any atom is 0.123 e. The fourth-order valence-corrected chi connectivity index (χ4v) is 1.41. The van der Waals surface area contributed by atoms with Gasteiger partial charge in [-0.15, -0.1) is 0 Å². The van der Waals surface area contributed by atoms with E-state index in [0.29, 0.717) is 5.02 Å². The number of rotatable bonds is 1. The molecule has 0 atom stereocenters. The van der Waals surface area contributed by atoms with E-state index in [0.717, 1.165) is 11.1 Å². The largest absolute Gasteiger partial charge is 0.263 e. The van der Waals surface area contributed by atoms with E-state index in [-0.39, 0.29) is 5.82 Å². The van der Waals surface area contributed by atoms with Gasteiger partial charge in [0, 0.05) is 18.0 Å². The van der Waals surface area contributed by atoms with E-state index in [4.69, 9.17) is 11.6 Å². The summed E-state index contributed by atoms with van der Waals surface area (Å²) in [6, 6.07) is 8.08. The Balaban J connectivity index is 2.49. The van der Waals surface area contributed by atoms with Crippen LogP contribution < -0.4 is 0 Å². The zero-order valence-electron chi connectivity index (χ0n) is 7.24. The minimum absolute atomic E-state index is 0.262. The van der Waals surface area contributed by atoms with Crippen LogP contribution in [-0.2, 0) is 0 Å². The molecule has 0 spiro atoms. The Morgan fingerprint density at radius 1 is 1.07 bits per heavy atom. The van der Waals surface area contributed by atoms with Crippen molar-refractivity contribution in [1.29, 1.82) is 0 Å². The summed E-state index contributed by atoms with van der Waals surface area (Å²) in [5.41, 5.74) is 1.59. The summed E-state index contributed by atoms with van der Waals surface area (Å²) >= 11 is 5.78. The Kier molecular flexibility index (Phi) is 2.46. The van der Waals surface area contributed by atoms with Crippen LogP contribution in [0.25, 0.3) is 11.1 Å². The highest BCUT2D eigenvalue weighted by molar-refractivity contribution is 6.30. The quantitative estimate of drug-likeness (QED) is 0.697. The predicted molar refractivity (Wildman–Crippen MR) is 54.6 cm³/mol. The second-order valence-corrected chi connectivity index (χ2v) is 3.34. The van der Waals surface area contributed by atoms with Gasteiger partial charge >= 0.3 is 0 Å². The van der Waals surface area contributed by atoms with Crippen molar-refractivity contribution in [2.75, 3.05) is 0 Å². The van der Waals surface area contributed by atoms with Crippen LogP contribution in [-0.4, -0.2) is 4.98 Å². The molecule has 1 heterocycles. The van der Waals surface area contributed by atoms with Crippen molar-refractivity contribution >= 4 is 11.6 Å². The highest BCUT2D eigenvalue weighted by Crippen LogP contribution is 2.21. The van der Waals surface area contributed by atoms with Gasteiger partial charge in [-0.1, -0.05) is 23.7 Å². The lowest BCUT2D eigenvalue weighted by molar-refractivity contribution is 0.628. The third-order valence-electron chi connectivity index (χ3n) is 1.86. The molecule has 2 aromatic rings. The Bertz CT molecular complexity index is 413. The topological polar surface area (TPSA) is 12.9 Å². The lowest BCUT2D eigenvalue weighted by Crippen LogP contribution is -1.81. The Labute approximate surface area is 86.2 Å². The van der Waals surface area contributed by atoms with Gasteiger partial charge in [0.25, 0.3) is 0 Å². The van der Waals surface area contributed by atoms with Crippen LogP contribution in [0.5, 0.6) is 0 Å². The van der Waals surface area contributed by atoms with Gasteiger partial charge in [-0.25, -0.2) is 4.39 Å². The fraction of sp³-hybridized carbons (Fsp3) is 0. The van der Waals surface area contributed by atoms with Crippen LogP contribution in [0.3, 0.4) is 0 Å². The van der Waals surface area contributed by atoms with Gasteiger partial charge in [-0.05, 0) is 23.8 Å². The van der Waals surface area contributed by atoms with E-state index in [1.54, 1.807) is 24.5 Å². The van der Waals surface area contributed by atoms with Crippen LogP contribution >= 0.6 is 11.6 Å². The number of aromatic nitrogens is 1. The Morgan fingerprint density at radius 2 is 1.93 bits per heavy atom. The smallest absolute Gasteiger partial charge is 0.123 e. The minimum Gasteiger partial charge on any atom is -0.263 e. The van der Waals surface area contributed by atoms with E-state index in [2.05, 4.69) is 4.98 Å². The predicted octanol–water partition coefficient (Wildman–Crippen LogP) is 3.54. The Morgan fingerprint density at radius 3 is 2.64 bits per heavy atom. The monoisotopic (exact) mass is 207 g/mol. The zero-order chi connectivity index (χ0) is 9.97. The normalized spacial score (nSPS) is 10.1. The zero-order valence-corrected chi connectivity index (χ0v) is 8.00. The molecule has 0 unspecified atom stereocenters. The van der Waals surface area contributed by atoms with Gasteiger partial charge in [0.05, 0.1) is 5.02 Å². The number of hydrogen-bond acceptors (Lipinski definition) is 1. The molecule has 0 saturated carbocycles. The van der Waals surface area contributed by atoms with E-state index in [1.165, 1.54) is 12.1 Å². The first-order chi connectivity index (χ1) is 6.75. The summed E-state index contributed by atoms with van der Waals surface area (Å²) in [6.45, 7) is 0. The van der Waals surface area contributed by atoms with Gasteiger partial charge in [-0.2, -0.15) is 0 Å². The summed E-state index contributed by atoms with van der Waals surface area (Å²) in [7, 11) is 0. The molecule has 0 fully saturated rings. The maximum atomic E-state index is 12.9. The van der Waals surface area contributed by atoms with Crippen molar-refractivity contribution in [2.24, 2.45) is 0 Å². The first-order valence-corrected chi connectivity index (χ1v) is 4.50. The van der Waals surface area contributed by atoms with Gasteiger partial charge in [-0.3, -0.25) is 4.98 Å². The van der Waals surface area contributed by atoms with Crippen LogP contribution in [0, 0.1) is 5.82 Å². The fourth-order valence-electron chi connectivity index (χ4n) is 1.24. The van der Waals surface area contributed by atoms with Crippen LogP contribution in [0.15, 0.2) is 42.7 Å². The molecule has 14 heavy (non-hydrogen) atoms. The molecule has 1 aromatic carbocycles. The summed E-state index contributed by atoms with van der Waals surface area (Å²) < 4.78 is 12.9. The number of hydrogen-bond donors (Lipinski definition) is 0. The highest BCUT2D eigenvalue weighted by Gasteiger charge is 1.99. The van der Waals surface area contributed by atoms with Gasteiger partial charge in [0.2, 0.25) is 0 Å². The first-order valence-electron chi connectivity index (χ1n) is 4.12. The van der Waals surface area contributed by atoms with Gasteiger partial charge in [0.15, 0.2) is 0 Å². The summed E-state index contributed by atoms with van der Waals surface area (Å²) in [6.07, 6.45) is 3.20. The molecule has 1 aromatic heterocycles. The standard InChI is InChI=1S/C11H7ClFN/c12-10-4-9(6-14-7-10)8-2-1-3-11(13)5-8/h1-7H. The van der Waals surface area contributed by atoms with E-state index < -0.39 is 0 Å². The molecule has 0 aliphatic rings. The van der Waals surface area contributed by atoms with Crippen molar-refractivity contribution in [1.82, 2.24) is 4.98 Å². The molecular weight excluding hydrogens is 201 g/mol. The second-order valence-electron chi connectivity index (χ2n) is 2.90. The number of halogens is 2. The SMILES string of the molecule is Fc1cccc(-c2cncc(Cl)c2)c1. The molecule has 0 bridgehead atoms. The van der Waals surface area contributed by atoms with Crippen molar-refractivity contribution in [3.05, 3.63) is 53.6 Å². The van der Waals surface area contributed by atoms with Gasteiger partial charge in [0.1, 0.15) is 5.82 Å². The summed E-state index contributed by atoms with van der Waals surface area (Å²) in [4.78, 5) is 3.94. The third-order valence-corrected chi connectivity index (χ3v) is 2.07. The van der Waals surface area contributed by atoms with Crippen LogP contribution in [0.1, 0.15) is 0 Å². The summed E-state index contributed by atoms with van der Waals surface area (Å²) in [5, 5.41) is 0.548. The molecular formula is C11H7ClFN. The van der Waals surface area contributed by atoms with E-state index in [9.17, 15) is 4.39 Å². The lowest BCUT2D eigenvalue weighted by Gasteiger charge is -2.00. The molecule has 0 aliphatic heterocycles. The highest BCUT2D eigenvalue weighted by atomic mass is 35.5.